The molecular formula is C12H17N3O4. The molecule has 7 heteroatoms. The maximum absolute atomic E-state index is 11.0. The SMILES string of the molecule is CCOc1ccc([N+](=O)[O-])c(NN2CCOCC2)c1. The van der Waals surface area contributed by atoms with E-state index >= 15 is 0 Å². The van der Waals surface area contributed by atoms with Crippen molar-refractivity contribution in [1.29, 1.82) is 0 Å². The van der Waals surface area contributed by atoms with Crippen molar-refractivity contribution in [2.75, 3.05) is 38.3 Å². The number of morpholine rings is 1. The molecule has 104 valence electrons. The first-order valence-corrected chi connectivity index (χ1v) is 6.21. The van der Waals surface area contributed by atoms with Crippen molar-refractivity contribution in [2.24, 2.45) is 0 Å². The van der Waals surface area contributed by atoms with Crippen molar-refractivity contribution < 1.29 is 14.4 Å². The van der Waals surface area contributed by atoms with Gasteiger partial charge in [-0.1, -0.05) is 0 Å². The van der Waals surface area contributed by atoms with Gasteiger partial charge in [-0.2, -0.15) is 0 Å². The lowest BCUT2D eigenvalue weighted by molar-refractivity contribution is -0.384. The molecule has 1 fully saturated rings. The topological polar surface area (TPSA) is 76.9 Å². The average molecular weight is 267 g/mol. The third kappa shape index (κ3) is 3.55. The summed E-state index contributed by atoms with van der Waals surface area (Å²) in [5.41, 5.74) is 3.54. The Bertz CT molecular complexity index is 447. The molecule has 0 amide bonds. The Labute approximate surface area is 111 Å². The molecule has 1 aliphatic rings. The summed E-state index contributed by atoms with van der Waals surface area (Å²) in [6, 6.07) is 4.71. The number of nitro benzene ring substituents is 1. The number of nitro groups is 1. The van der Waals surface area contributed by atoms with Gasteiger partial charge >= 0.3 is 0 Å². The summed E-state index contributed by atoms with van der Waals surface area (Å²) >= 11 is 0. The average Bonchev–Trinajstić information content (AvgIpc) is 2.40. The van der Waals surface area contributed by atoms with Gasteiger partial charge in [0, 0.05) is 25.2 Å². The Morgan fingerprint density at radius 3 is 2.84 bits per heavy atom. The largest absolute Gasteiger partial charge is 0.494 e. The van der Waals surface area contributed by atoms with E-state index in [1.807, 2.05) is 11.9 Å². The normalized spacial score (nSPS) is 16.1. The summed E-state index contributed by atoms with van der Waals surface area (Å²) in [5, 5.41) is 12.9. The number of hydrazine groups is 1. The van der Waals surface area contributed by atoms with Crippen LogP contribution in [0.5, 0.6) is 5.75 Å². The molecule has 1 aromatic carbocycles. The molecule has 19 heavy (non-hydrogen) atoms. The monoisotopic (exact) mass is 267 g/mol. The number of hydrogen-bond acceptors (Lipinski definition) is 6. The van der Waals surface area contributed by atoms with Crippen LogP contribution in [0.1, 0.15) is 6.92 Å². The van der Waals surface area contributed by atoms with Gasteiger partial charge in [-0.15, -0.1) is 0 Å². The molecule has 0 atom stereocenters. The number of ether oxygens (including phenoxy) is 2. The summed E-state index contributed by atoms with van der Waals surface area (Å²) in [7, 11) is 0. The number of nitrogens with zero attached hydrogens (tertiary/aromatic N) is 2. The molecule has 0 bridgehead atoms. The molecule has 1 saturated heterocycles. The molecule has 2 rings (SSSR count). The molecule has 1 aliphatic heterocycles. The van der Waals surface area contributed by atoms with Crippen LogP contribution in [-0.2, 0) is 4.74 Å². The highest BCUT2D eigenvalue weighted by Crippen LogP contribution is 2.29. The predicted octanol–water partition coefficient (Wildman–Crippen LogP) is 1.65. The molecule has 0 aliphatic carbocycles. The van der Waals surface area contributed by atoms with E-state index < -0.39 is 4.92 Å². The Kier molecular flexibility index (Phi) is 4.53. The highest BCUT2D eigenvalue weighted by atomic mass is 16.6. The minimum absolute atomic E-state index is 0.0370. The lowest BCUT2D eigenvalue weighted by Gasteiger charge is -2.27. The predicted molar refractivity (Wildman–Crippen MR) is 70.3 cm³/mol. The van der Waals surface area contributed by atoms with Crippen LogP contribution in [0.25, 0.3) is 0 Å². The van der Waals surface area contributed by atoms with E-state index in [0.29, 0.717) is 44.3 Å². The molecular weight excluding hydrogens is 250 g/mol. The van der Waals surface area contributed by atoms with E-state index in [9.17, 15) is 10.1 Å². The summed E-state index contributed by atoms with van der Waals surface area (Å²) in [6.45, 7) is 5.01. The fourth-order valence-electron chi connectivity index (χ4n) is 1.87. The summed E-state index contributed by atoms with van der Waals surface area (Å²) < 4.78 is 10.6. The fourth-order valence-corrected chi connectivity index (χ4v) is 1.87. The van der Waals surface area contributed by atoms with Crippen LogP contribution in [0.2, 0.25) is 0 Å². The van der Waals surface area contributed by atoms with Gasteiger partial charge in [-0.3, -0.25) is 10.1 Å². The zero-order valence-corrected chi connectivity index (χ0v) is 10.8. The number of rotatable bonds is 5. The van der Waals surface area contributed by atoms with Gasteiger partial charge in [-0.05, 0) is 13.0 Å². The minimum atomic E-state index is -0.404. The molecule has 0 aromatic heterocycles. The lowest BCUT2D eigenvalue weighted by atomic mass is 10.2. The van der Waals surface area contributed by atoms with Crippen molar-refractivity contribution in [2.45, 2.75) is 6.92 Å². The van der Waals surface area contributed by atoms with Crippen molar-refractivity contribution >= 4 is 11.4 Å². The molecule has 0 unspecified atom stereocenters. The smallest absolute Gasteiger partial charge is 0.293 e. The Balaban J connectivity index is 2.18. The zero-order chi connectivity index (χ0) is 13.7. The number of anilines is 1. The first kappa shape index (κ1) is 13.6. The highest BCUT2D eigenvalue weighted by molar-refractivity contribution is 5.63. The van der Waals surface area contributed by atoms with Crippen LogP contribution in [0.15, 0.2) is 18.2 Å². The van der Waals surface area contributed by atoms with E-state index in [-0.39, 0.29) is 5.69 Å². The zero-order valence-electron chi connectivity index (χ0n) is 10.8. The molecule has 0 radical (unpaired) electrons. The van der Waals surface area contributed by atoms with Gasteiger partial charge in [0.15, 0.2) is 0 Å². The third-order valence-electron chi connectivity index (χ3n) is 2.77. The van der Waals surface area contributed by atoms with Crippen molar-refractivity contribution in [3.05, 3.63) is 28.3 Å². The van der Waals surface area contributed by atoms with Crippen molar-refractivity contribution in [3.8, 4) is 5.75 Å². The molecule has 1 aromatic rings. The Hall–Kier alpha value is -1.86. The first-order chi connectivity index (χ1) is 9.20. The second-order valence-electron chi connectivity index (χ2n) is 4.08. The van der Waals surface area contributed by atoms with Gasteiger partial charge in [0.05, 0.1) is 24.7 Å². The number of benzene rings is 1. The van der Waals surface area contributed by atoms with E-state index in [1.54, 1.807) is 12.1 Å². The van der Waals surface area contributed by atoms with Crippen LogP contribution >= 0.6 is 0 Å². The Morgan fingerprint density at radius 2 is 2.21 bits per heavy atom. The molecule has 1 heterocycles. The third-order valence-corrected chi connectivity index (χ3v) is 2.77. The van der Waals surface area contributed by atoms with E-state index in [2.05, 4.69) is 5.43 Å². The van der Waals surface area contributed by atoms with E-state index in [4.69, 9.17) is 9.47 Å². The maximum Gasteiger partial charge on any atom is 0.293 e. The fraction of sp³-hybridized carbons (Fsp3) is 0.500. The van der Waals surface area contributed by atoms with Gasteiger partial charge in [0.25, 0.3) is 5.69 Å². The second-order valence-corrected chi connectivity index (χ2v) is 4.08. The van der Waals surface area contributed by atoms with Crippen LogP contribution in [0, 0.1) is 10.1 Å². The van der Waals surface area contributed by atoms with Crippen LogP contribution in [0.4, 0.5) is 11.4 Å². The van der Waals surface area contributed by atoms with Crippen LogP contribution in [0.3, 0.4) is 0 Å². The first-order valence-electron chi connectivity index (χ1n) is 6.21. The molecule has 7 nitrogen and oxygen atoms in total. The van der Waals surface area contributed by atoms with Gasteiger partial charge in [0.2, 0.25) is 0 Å². The van der Waals surface area contributed by atoms with Crippen molar-refractivity contribution in [1.82, 2.24) is 5.01 Å². The molecule has 1 N–H and O–H groups in total. The molecule has 0 saturated carbocycles. The van der Waals surface area contributed by atoms with Gasteiger partial charge in [0.1, 0.15) is 11.4 Å². The standard InChI is InChI=1S/C12H17N3O4/c1-2-19-10-3-4-12(15(16)17)11(9-10)13-14-5-7-18-8-6-14/h3-4,9,13H,2,5-8H2,1H3. The van der Waals surface area contributed by atoms with Crippen LogP contribution < -0.4 is 10.2 Å². The molecule has 0 spiro atoms. The summed E-state index contributed by atoms with van der Waals surface area (Å²) in [5.74, 6) is 0.615. The summed E-state index contributed by atoms with van der Waals surface area (Å²) in [4.78, 5) is 10.6. The van der Waals surface area contributed by atoms with E-state index in [0.717, 1.165) is 0 Å². The summed E-state index contributed by atoms with van der Waals surface area (Å²) in [6.07, 6.45) is 0. The Morgan fingerprint density at radius 1 is 1.47 bits per heavy atom. The minimum Gasteiger partial charge on any atom is -0.494 e. The second kappa shape index (κ2) is 6.35. The maximum atomic E-state index is 11.0. The van der Waals surface area contributed by atoms with Gasteiger partial charge in [-0.25, -0.2) is 5.01 Å². The quantitative estimate of drug-likeness (QED) is 0.645. The van der Waals surface area contributed by atoms with E-state index in [1.165, 1.54) is 6.07 Å². The lowest BCUT2D eigenvalue weighted by Crippen LogP contribution is -2.40. The highest BCUT2D eigenvalue weighted by Gasteiger charge is 2.18. The number of nitrogens with one attached hydrogen (secondary N) is 1. The van der Waals surface area contributed by atoms with Crippen molar-refractivity contribution in [3.63, 3.8) is 0 Å². The van der Waals surface area contributed by atoms with Gasteiger partial charge < -0.3 is 14.9 Å². The van der Waals surface area contributed by atoms with Crippen LogP contribution in [-0.4, -0.2) is 42.8 Å². The number of hydrogen-bond donors (Lipinski definition) is 1.